The molecule has 0 aliphatic rings. The number of ketones is 1. The monoisotopic (exact) mass is 331 g/mol. The second-order valence-corrected chi connectivity index (χ2v) is 6.59. The molecule has 1 amide bonds. The second kappa shape index (κ2) is 7.99. The number of hydrogen-bond donors (Lipinski definition) is 1. The third-order valence-corrected chi connectivity index (χ3v) is 4.22. The van der Waals surface area contributed by atoms with Gasteiger partial charge in [0.25, 0.3) is 0 Å². The van der Waals surface area contributed by atoms with Gasteiger partial charge in [0.2, 0.25) is 5.91 Å². The third-order valence-electron chi connectivity index (χ3n) is 3.39. The van der Waals surface area contributed by atoms with Crippen molar-refractivity contribution in [3.8, 4) is 0 Å². The Labute approximate surface area is 140 Å². The fraction of sp³-hybridized carbons (Fsp3) is 0.353. The summed E-state index contributed by atoms with van der Waals surface area (Å²) >= 11 is 1.63. The molecule has 0 spiro atoms. The molecule has 0 aliphatic carbocycles. The van der Waals surface area contributed by atoms with Gasteiger partial charge in [-0.3, -0.25) is 9.59 Å². The highest BCUT2D eigenvalue weighted by Crippen LogP contribution is 2.12. The van der Waals surface area contributed by atoms with Crippen LogP contribution in [0.5, 0.6) is 0 Å². The van der Waals surface area contributed by atoms with Gasteiger partial charge in [-0.2, -0.15) is 0 Å². The highest BCUT2D eigenvalue weighted by atomic mass is 32.1. The van der Waals surface area contributed by atoms with Crippen molar-refractivity contribution in [2.45, 2.75) is 26.8 Å². The summed E-state index contributed by atoms with van der Waals surface area (Å²) in [6.45, 7) is 4.91. The Morgan fingerprint density at radius 2 is 1.96 bits per heavy atom. The smallest absolute Gasteiger partial charge is 0.225 e. The zero-order valence-corrected chi connectivity index (χ0v) is 14.4. The van der Waals surface area contributed by atoms with E-state index >= 15 is 0 Å². The fourth-order valence-corrected chi connectivity index (χ4v) is 2.74. The average molecular weight is 331 g/mol. The van der Waals surface area contributed by atoms with Gasteiger partial charge in [-0.25, -0.2) is 4.98 Å². The molecule has 0 atom stereocenters. The molecule has 0 fully saturated rings. The minimum Gasteiger partial charge on any atom is -0.326 e. The van der Waals surface area contributed by atoms with Crippen molar-refractivity contribution in [2.24, 2.45) is 0 Å². The van der Waals surface area contributed by atoms with Gasteiger partial charge in [0.15, 0.2) is 5.78 Å². The van der Waals surface area contributed by atoms with E-state index in [2.05, 4.69) is 15.2 Å². The minimum absolute atomic E-state index is 0.0155. The molecule has 1 N–H and O–H groups in total. The minimum atomic E-state index is -0.0399. The molecule has 0 unspecified atom stereocenters. The Morgan fingerprint density at radius 3 is 2.52 bits per heavy atom. The van der Waals surface area contributed by atoms with Gasteiger partial charge in [0, 0.05) is 36.1 Å². The van der Waals surface area contributed by atoms with E-state index in [1.54, 1.807) is 35.6 Å². The van der Waals surface area contributed by atoms with Crippen LogP contribution in [-0.4, -0.2) is 35.2 Å². The zero-order valence-electron chi connectivity index (χ0n) is 13.6. The van der Waals surface area contributed by atoms with Crippen LogP contribution in [0.2, 0.25) is 0 Å². The second-order valence-electron chi connectivity index (χ2n) is 5.53. The van der Waals surface area contributed by atoms with Gasteiger partial charge in [-0.15, -0.1) is 11.3 Å². The molecular weight excluding hydrogens is 310 g/mol. The lowest BCUT2D eigenvalue weighted by atomic mass is 10.1. The molecule has 1 aromatic carbocycles. The van der Waals surface area contributed by atoms with Crippen molar-refractivity contribution in [3.63, 3.8) is 0 Å². The number of aromatic nitrogens is 1. The van der Waals surface area contributed by atoms with Crippen LogP contribution < -0.4 is 5.32 Å². The first-order chi connectivity index (χ1) is 10.9. The van der Waals surface area contributed by atoms with Crippen molar-refractivity contribution >= 4 is 28.7 Å². The third kappa shape index (κ3) is 5.58. The highest BCUT2D eigenvalue weighted by molar-refractivity contribution is 7.09. The van der Waals surface area contributed by atoms with Gasteiger partial charge in [-0.05, 0) is 45.2 Å². The summed E-state index contributed by atoms with van der Waals surface area (Å²) in [5.41, 5.74) is 2.38. The Bertz CT molecular complexity index is 679. The van der Waals surface area contributed by atoms with Crippen LogP contribution in [0.3, 0.4) is 0 Å². The largest absolute Gasteiger partial charge is 0.326 e. The number of benzene rings is 1. The first-order valence-electron chi connectivity index (χ1n) is 7.44. The summed E-state index contributed by atoms with van der Waals surface area (Å²) in [6.07, 6.45) is 0.411. The number of Topliss-reactive ketones (excluding diaryl/α,β-unsaturated/α-hetero) is 1. The number of rotatable bonds is 7. The standard InChI is InChI=1S/C17H21N3O2S/c1-12(21)14-4-6-15(7-5-14)19-17(22)8-9-20(3)10-16-11-23-13(2)18-16/h4-7,11H,8-10H2,1-3H3,(H,19,22). The number of hydrogen-bond acceptors (Lipinski definition) is 5. The normalized spacial score (nSPS) is 10.8. The molecule has 2 rings (SSSR count). The summed E-state index contributed by atoms with van der Waals surface area (Å²) in [6, 6.07) is 6.93. The van der Waals surface area contributed by atoms with E-state index in [1.807, 2.05) is 19.4 Å². The molecule has 23 heavy (non-hydrogen) atoms. The Kier molecular flexibility index (Phi) is 6.01. The number of thiazole rings is 1. The van der Waals surface area contributed by atoms with Crippen LogP contribution in [0.1, 0.15) is 34.4 Å². The summed E-state index contributed by atoms with van der Waals surface area (Å²) in [4.78, 5) is 29.7. The van der Waals surface area contributed by atoms with E-state index in [-0.39, 0.29) is 11.7 Å². The molecule has 2 aromatic rings. The first kappa shape index (κ1) is 17.3. The number of nitrogens with one attached hydrogen (secondary N) is 1. The lowest BCUT2D eigenvalue weighted by Gasteiger charge is -2.15. The van der Waals surface area contributed by atoms with Crippen LogP contribution >= 0.6 is 11.3 Å². The Balaban J connectivity index is 1.77. The molecule has 0 radical (unpaired) electrons. The number of nitrogens with zero attached hydrogens (tertiary/aromatic N) is 2. The predicted molar refractivity (Wildman–Crippen MR) is 92.9 cm³/mol. The molecule has 6 heteroatoms. The molecule has 1 aromatic heterocycles. The van der Waals surface area contributed by atoms with Crippen LogP contribution in [0.4, 0.5) is 5.69 Å². The lowest BCUT2D eigenvalue weighted by Crippen LogP contribution is -2.24. The topological polar surface area (TPSA) is 62.3 Å². The molecule has 0 saturated heterocycles. The van der Waals surface area contributed by atoms with E-state index in [1.165, 1.54) is 6.92 Å². The zero-order chi connectivity index (χ0) is 16.8. The van der Waals surface area contributed by atoms with Crippen molar-refractivity contribution in [2.75, 3.05) is 18.9 Å². The number of carbonyl (C=O) groups excluding carboxylic acids is 2. The van der Waals surface area contributed by atoms with E-state index in [4.69, 9.17) is 0 Å². The molecule has 0 bridgehead atoms. The van der Waals surface area contributed by atoms with Crippen LogP contribution in [0.25, 0.3) is 0 Å². The summed E-state index contributed by atoms with van der Waals surface area (Å²) < 4.78 is 0. The van der Waals surface area contributed by atoms with Crippen LogP contribution in [0, 0.1) is 6.92 Å². The van der Waals surface area contributed by atoms with Gasteiger partial charge < -0.3 is 10.2 Å². The van der Waals surface area contributed by atoms with Crippen LogP contribution in [-0.2, 0) is 11.3 Å². The maximum absolute atomic E-state index is 12.0. The molecule has 0 aliphatic heterocycles. The predicted octanol–water partition coefficient (Wildman–Crippen LogP) is 3.11. The van der Waals surface area contributed by atoms with Gasteiger partial charge >= 0.3 is 0 Å². The average Bonchev–Trinajstić information content (AvgIpc) is 2.91. The summed E-state index contributed by atoms with van der Waals surface area (Å²) in [5.74, 6) is -0.0244. The number of amides is 1. The molecule has 122 valence electrons. The van der Waals surface area contributed by atoms with E-state index in [9.17, 15) is 9.59 Å². The van der Waals surface area contributed by atoms with Crippen molar-refractivity contribution in [1.29, 1.82) is 0 Å². The van der Waals surface area contributed by atoms with Crippen LogP contribution in [0.15, 0.2) is 29.6 Å². The van der Waals surface area contributed by atoms with Crippen molar-refractivity contribution in [1.82, 2.24) is 9.88 Å². The first-order valence-corrected chi connectivity index (χ1v) is 8.32. The number of carbonyl (C=O) groups is 2. The number of aryl methyl sites for hydroxylation is 1. The highest BCUT2D eigenvalue weighted by Gasteiger charge is 2.08. The van der Waals surface area contributed by atoms with E-state index in [0.29, 0.717) is 24.2 Å². The summed E-state index contributed by atoms with van der Waals surface area (Å²) in [5, 5.41) is 5.94. The fourth-order valence-electron chi connectivity index (χ4n) is 2.14. The SMILES string of the molecule is CC(=O)c1ccc(NC(=O)CCN(C)Cc2csc(C)n2)cc1. The quantitative estimate of drug-likeness (QED) is 0.792. The summed E-state index contributed by atoms with van der Waals surface area (Å²) in [7, 11) is 1.98. The maximum Gasteiger partial charge on any atom is 0.225 e. The van der Waals surface area contributed by atoms with Crippen molar-refractivity contribution in [3.05, 3.63) is 45.9 Å². The van der Waals surface area contributed by atoms with Gasteiger partial charge in [0.1, 0.15) is 0 Å². The molecule has 0 saturated carbocycles. The molecule has 1 heterocycles. The van der Waals surface area contributed by atoms with Gasteiger partial charge in [0.05, 0.1) is 10.7 Å². The maximum atomic E-state index is 12.0. The van der Waals surface area contributed by atoms with Gasteiger partial charge in [-0.1, -0.05) is 0 Å². The molecular formula is C17H21N3O2S. The Morgan fingerprint density at radius 1 is 1.26 bits per heavy atom. The lowest BCUT2D eigenvalue weighted by molar-refractivity contribution is -0.116. The molecule has 5 nitrogen and oxygen atoms in total. The Hall–Kier alpha value is -2.05. The van der Waals surface area contributed by atoms with Crippen molar-refractivity contribution < 1.29 is 9.59 Å². The number of anilines is 1. The van der Waals surface area contributed by atoms with E-state index in [0.717, 1.165) is 17.2 Å². The van der Waals surface area contributed by atoms with E-state index < -0.39 is 0 Å².